The van der Waals surface area contributed by atoms with E-state index in [2.05, 4.69) is 50.4 Å². The number of hydrogen-bond acceptors (Lipinski definition) is 4. The van der Waals surface area contributed by atoms with Crippen molar-refractivity contribution in [2.75, 3.05) is 6.61 Å². The third-order valence-corrected chi connectivity index (χ3v) is 5.64. The maximum Gasteiger partial charge on any atom is 0.154 e. The van der Waals surface area contributed by atoms with Gasteiger partial charge >= 0.3 is 0 Å². The first-order valence-corrected chi connectivity index (χ1v) is 11.4. The van der Waals surface area contributed by atoms with Crippen molar-refractivity contribution in [3.05, 3.63) is 94.8 Å². The Morgan fingerprint density at radius 3 is 2.27 bits per heavy atom. The zero-order valence-corrected chi connectivity index (χ0v) is 19.7. The summed E-state index contributed by atoms with van der Waals surface area (Å²) in [5.41, 5.74) is 8.14. The van der Waals surface area contributed by atoms with Crippen molar-refractivity contribution in [2.24, 2.45) is 10.1 Å². The standard InChI is InChI=1S/C28H30FN3O/c1-5-6-17-33-23-14-9-19(10-15-23)26-24-18-22(29)13-16-25(24)30-27(32-31-26)20-7-11-21(12-8-20)28(2,3)4/h7-16,18H,5-6,17H2,1-4H3,(H,30,32). The number of halogens is 1. The van der Waals surface area contributed by atoms with E-state index in [0.717, 1.165) is 29.7 Å². The quantitative estimate of drug-likeness (QED) is 0.429. The number of benzene rings is 3. The molecule has 0 saturated heterocycles. The summed E-state index contributed by atoms with van der Waals surface area (Å²) in [6, 6.07) is 20.6. The van der Waals surface area contributed by atoms with Crippen LogP contribution in [0.4, 0.5) is 10.1 Å². The minimum absolute atomic E-state index is 0.0685. The van der Waals surface area contributed by atoms with Gasteiger partial charge in [0.25, 0.3) is 0 Å². The van der Waals surface area contributed by atoms with Gasteiger partial charge in [-0.05, 0) is 59.9 Å². The molecule has 4 rings (SSSR count). The molecule has 1 heterocycles. The van der Waals surface area contributed by atoms with E-state index >= 15 is 0 Å². The van der Waals surface area contributed by atoms with Gasteiger partial charge in [-0.2, -0.15) is 5.10 Å². The van der Waals surface area contributed by atoms with E-state index in [1.54, 1.807) is 6.07 Å². The van der Waals surface area contributed by atoms with Crippen LogP contribution < -0.4 is 10.2 Å². The number of aliphatic imine (C=N–C) groups is 1. The number of amidine groups is 1. The molecule has 4 nitrogen and oxygen atoms in total. The van der Waals surface area contributed by atoms with Crippen LogP contribution in [0.1, 0.15) is 62.8 Å². The average molecular weight is 444 g/mol. The Labute approximate surface area is 195 Å². The average Bonchev–Trinajstić information content (AvgIpc) is 2.99. The maximum absolute atomic E-state index is 14.2. The minimum atomic E-state index is -0.325. The van der Waals surface area contributed by atoms with Gasteiger partial charge in [0, 0.05) is 16.7 Å². The van der Waals surface area contributed by atoms with Crippen LogP contribution in [0.2, 0.25) is 0 Å². The second-order valence-corrected chi connectivity index (χ2v) is 9.25. The van der Waals surface area contributed by atoms with Crippen molar-refractivity contribution >= 4 is 17.2 Å². The van der Waals surface area contributed by atoms with Crippen LogP contribution in [0.3, 0.4) is 0 Å². The van der Waals surface area contributed by atoms with E-state index in [-0.39, 0.29) is 11.2 Å². The van der Waals surface area contributed by atoms with Gasteiger partial charge in [-0.1, -0.05) is 58.4 Å². The summed E-state index contributed by atoms with van der Waals surface area (Å²) < 4.78 is 20.0. The summed E-state index contributed by atoms with van der Waals surface area (Å²) in [5, 5.41) is 4.64. The summed E-state index contributed by atoms with van der Waals surface area (Å²) >= 11 is 0. The third kappa shape index (κ3) is 5.30. The van der Waals surface area contributed by atoms with E-state index in [1.807, 2.05) is 36.4 Å². The molecule has 170 valence electrons. The molecule has 0 saturated carbocycles. The van der Waals surface area contributed by atoms with E-state index in [9.17, 15) is 4.39 Å². The molecule has 1 aliphatic rings. The zero-order chi connectivity index (χ0) is 23.4. The summed E-state index contributed by atoms with van der Waals surface area (Å²) in [6.45, 7) is 9.38. The Hall–Kier alpha value is -3.47. The van der Waals surface area contributed by atoms with Crippen LogP contribution in [0.15, 0.2) is 76.8 Å². The fourth-order valence-corrected chi connectivity index (χ4v) is 3.63. The lowest BCUT2D eigenvalue weighted by Crippen LogP contribution is -2.20. The molecule has 0 bridgehead atoms. The Bertz CT molecular complexity index is 1170. The molecule has 1 N–H and O–H groups in total. The van der Waals surface area contributed by atoms with Gasteiger partial charge in [-0.3, -0.25) is 5.43 Å². The Morgan fingerprint density at radius 1 is 0.909 bits per heavy atom. The number of hydrazone groups is 1. The van der Waals surface area contributed by atoms with E-state index in [4.69, 9.17) is 9.73 Å². The molecule has 0 aliphatic carbocycles. The fraction of sp³-hybridized carbons (Fsp3) is 0.286. The minimum Gasteiger partial charge on any atom is -0.494 e. The van der Waals surface area contributed by atoms with Crippen molar-refractivity contribution in [1.82, 2.24) is 5.43 Å². The molecule has 33 heavy (non-hydrogen) atoms. The molecular weight excluding hydrogens is 413 g/mol. The van der Waals surface area contributed by atoms with Crippen LogP contribution in [0.5, 0.6) is 5.75 Å². The molecule has 0 fully saturated rings. The zero-order valence-electron chi connectivity index (χ0n) is 19.7. The number of ether oxygens (including phenoxy) is 1. The molecule has 0 spiro atoms. The van der Waals surface area contributed by atoms with E-state index in [1.165, 1.54) is 17.7 Å². The summed E-state index contributed by atoms with van der Waals surface area (Å²) in [5.74, 6) is 1.11. The summed E-state index contributed by atoms with van der Waals surface area (Å²) in [4.78, 5) is 4.79. The smallest absolute Gasteiger partial charge is 0.154 e. The Morgan fingerprint density at radius 2 is 1.61 bits per heavy atom. The first-order chi connectivity index (χ1) is 15.8. The number of nitrogens with one attached hydrogen (secondary N) is 1. The predicted octanol–water partition coefficient (Wildman–Crippen LogP) is 6.74. The number of hydrogen-bond donors (Lipinski definition) is 1. The van der Waals surface area contributed by atoms with Crippen molar-refractivity contribution in [2.45, 2.75) is 46.0 Å². The molecule has 0 atom stereocenters. The lowest BCUT2D eigenvalue weighted by atomic mass is 9.86. The maximum atomic E-state index is 14.2. The van der Waals surface area contributed by atoms with Gasteiger partial charge in [0.2, 0.25) is 0 Å². The molecule has 0 aromatic heterocycles. The van der Waals surface area contributed by atoms with Crippen LogP contribution in [0.25, 0.3) is 0 Å². The van der Waals surface area contributed by atoms with E-state index in [0.29, 0.717) is 29.4 Å². The highest BCUT2D eigenvalue weighted by atomic mass is 19.1. The predicted molar refractivity (Wildman–Crippen MR) is 133 cm³/mol. The monoisotopic (exact) mass is 443 g/mol. The normalized spacial score (nSPS) is 13.4. The van der Waals surface area contributed by atoms with Gasteiger partial charge < -0.3 is 4.74 Å². The summed E-state index contributed by atoms with van der Waals surface area (Å²) in [6.07, 6.45) is 2.10. The first kappa shape index (κ1) is 22.7. The SMILES string of the molecule is CCCCOc1ccc(C2=NNC(c3ccc(C(C)(C)C)cc3)=Nc3ccc(F)cc32)cc1. The molecule has 3 aromatic rings. The number of fused-ring (bicyclic) bond motifs is 1. The third-order valence-electron chi connectivity index (χ3n) is 5.64. The lowest BCUT2D eigenvalue weighted by Gasteiger charge is -2.19. The molecule has 0 radical (unpaired) electrons. The molecular formula is C28H30FN3O. The van der Waals surface area contributed by atoms with Crippen LogP contribution in [0, 0.1) is 5.82 Å². The van der Waals surface area contributed by atoms with Crippen LogP contribution in [-0.4, -0.2) is 18.2 Å². The number of nitrogens with zero attached hydrogens (tertiary/aromatic N) is 2. The van der Waals surface area contributed by atoms with Crippen molar-refractivity contribution in [1.29, 1.82) is 0 Å². The molecule has 5 heteroatoms. The fourth-order valence-electron chi connectivity index (χ4n) is 3.63. The largest absolute Gasteiger partial charge is 0.494 e. The Kier molecular flexibility index (Phi) is 6.59. The van der Waals surface area contributed by atoms with Crippen LogP contribution >= 0.6 is 0 Å². The van der Waals surface area contributed by atoms with Crippen molar-refractivity contribution in [3.63, 3.8) is 0 Å². The molecule has 3 aromatic carbocycles. The highest BCUT2D eigenvalue weighted by Gasteiger charge is 2.19. The van der Waals surface area contributed by atoms with E-state index < -0.39 is 0 Å². The highest BCUT2D eigenvalue weighted by molar-refractivity contribution is 6.18. The first-order valence-electron chi connectivity index (χ1n) is 11.4. The van der Waals surface area contributed by atoms with Gasteiger partial charge in [-0.15, -0.1) is 0 Å². The number of rotatable bonds is 6. The molecule has 0 amide bonds. The van der Waals surface area contributed by atoms with Gasteiger partial charge in [0.05, 0.1) is 12.3 Å². The topological polar surface area (TPSA) is 46.0 Å². The Balaban J connectivity index is 1.68. The summed E-state index contributed by atoms with van der Waals surface area (Å²) in [7, 11) is 0. The lowest BCUT2D eigenvalue weighted by molar-refractivity contribution is 0.309. The second kappa shape index (κ2) is 9.57. The van der Waals surface area contributed by atoms with Gasteiger partial charge in [-0.25, -0.2) is 9.38 Å². The molecule has 1 aliphatic heterocycles. The molecule has 0 unspecified atom stereocenters. The van der Waals surface area contributed by atoms with Crippen molar-refractivity contribution in [3.8, 4) is 5.75 Å². The highest BCUT2D eigenvalue weighted by Crippen LogP contribution is 2.28. The second-order valence-electron chi connectivity index (χ2n) is 9.25. The van der Waals surface area contributed by atoms with Gasteiger partial charge in [0.15, 0.2) is 5.84 Å². The van der Waals surface area contributed by atoms with Crippen molar-refractivity contribution < 1.29 is 9.13 Å². The van der Waals surface area contributed by atoms with Gasteiger partial charge in [0.1, 0.15) is 17.3 Å². The van der Waals surface area contributed by atoms with Crippen LogP contribution in [-0.2, 0) is 5.41 Å². The number of unbranched alkanes of at least 4 members (excludes halogenated alkanes) is 1.